The molecule has 0 saturated heterocycles. The van der Waals surface area contributed by atoms with Crippen LogP contribution in [0.2, 0.25) is 0 Å². The lowest BCUT2D eigenvalue weighted by Gasteiger charge is -1.97. The molecule has 0 unspecified atom stereocenters. The smallest absolute Gasteiger partial charge is 0.177 e. The second kappa shape index (κ2) is 3.24. The standard InChI is InChI=1S/C6H11NO/c1-4-6(8)5(2)7-3/h7H,2,4H2,1,3H3. The van der Waals surface area contributed by atoms with Gasteiger partial charge in [0.05, 0.1) is 5.70 Å². The maximum absolute atomic E-state index is 10.6. The third kappa shape index (κ3) is 1.78. The van der Waals surface area contributed by atoms with Gasteiger partial charge in [-0.2, -0.15) is 0 Å². The zero-order valence-electron chi connectivity index (χ0n) is 5.32. The summed E-state index contributed by atoms with van der Waals surface area (Å²) < 4.78 is 0. The number of carbonyl (C=O) groups excluding carboxylic acids is 1. The first-order valence-corrected chi connectivity index (χ1v) is 2.62. The number of ketones is 1. The van der Waals surface area contributed by atoms with Gasteiger partial charge in [0.1, 0.15) is 0 Å². The first kappa shape index (κ1) is 7.21. The first-order chi connectivity index (χ1) is 3.72. The van der Waals surface area contributed by atoms with Gasteiger partial charge in [-0.1, -0.05) is 13.5 Å². The molecule has 0 aliphatic heterocycles. The molecule has 0 aliphatic rings. The van der Waals surface area contributed by atoms with Crippen LogP contribution in [0, 0.1) is 0 Å². The van der Waals surface area contributed by atoms with Gasteiger partial charge in [-0.05, 0) is 0 Å². The molecule has 0 aromatic carbocycles. The van der Waals surface area contributed by atoms with Crippen molar-refractivity contribution in [3.8, 4) is 0 Å². The second-order valence-corrected chi connectivity index (χ2v) is 1.51. The number of allylic oxidation sites excluding steroid dienone is 1. The number of carbonyl (C=O) groups is 1. The van der Waals surface area contributed by atoms with Crippen molar-refractivity contribution < 1.29 is 4.79 Å². The molecule has 0 radical (unpaired) electrons. The van der Waals surface area contributed by atoms with Crippen molar-refractivity contribution in [3.05, 3.63) is 12.3 Å². The minimum Gasteiger partial charge on any atom is -0.386 e. The van der Waals surface area contributed by atoms with Crippen LogP contribution >= 0.6 is 0 Å². The molecule has 1 N–H and O–H groups in total. The molecule has 0 aromatic rings. The lowest BCUT2D eigenvalue weighted by molar-refractivity contribution is -0.115. The highest BCUT2D eigenvalue weighted by molar-refractivity contribution is 5.93. The SMILES string of the molecule is C=C(NC)C(=O)CC. The van der Waals surface area contributed by atoms with Gasteiger partial charge in [-0.3, -0.25) is 4.79 Å². The minimum atomic E-state index is 0.0764. The molecule has 0 heterocycles. The van der Waals surface area contributed by atoms with Crippen LogP contribution in [0.5, 0.6) is 0 Å². The summed E-state index contributed by atoms with van der Waals surface area (Å²) in [7, 11) is 1.69. The van der Waals surface area contributed by atoms with Crippen LogP contribution in [0.15, 0.2) is 12.3 Å². The predicted molar refractivity (Wildman–Crippen MR) is 33.5 cm³/mol. The molecule has 0 aromatic heterocycles. The third-order valence-electron chi connectivity index (χ3n) is 0.959. The Hall–Kier alpha value is -0.790. The van der Waals surface area contributed by atoms with Crippen molar-refractivity contribution in [1.29, 1.82) is 0 Å². The van der Waals surface area contributed by atoms with Crippen LogP contribution in [0.3, 0.4) is 0 Å². The van der Waals surface area contributed by atoms with E-state index in [1.165, 1.54) is 0 Å². The molecule has 0 fully saturated rings. The molecule has 2 heteroatoms. The van der Waals surface area contributed by atoms with Crippen LogP contribution in [-0.2, 0) is 4.79 Å². The van der Waals surface area contributed by atoms with Crippen molar-refractivity contribution in [3.63, 3.8) is 0 Å². The van der Waals surface area contributed by atoms with Crippen LogP contribution in [0.4, 0.5) is 0 Å². The zero-order valence-corrected chi connectivity index (χ0v) is 5.32. The molecule has 0 aliphatic carbocycles. The molecular weight excluding hydrogens is 102 g/mol. The summed E-state index contributed by atoms with van der Waals surface area (Å²) in [5, 5.41) is 2.67. The molecule has 0 bridgehead atoms. The Balaban J connectivity index is 3.64. The molecule has 0 spiro atoms. The Labute approximate surface area is 49.6 Å². The summed E-state index contributed by atoms with van der Waals surface area (Å²) in [6.45, 7) is 5.29. The molecule has 0 amide bonds. The fourth-order valence-corrected chi connectivity index (χ4v) is 0.353. The number of likely N-dealkylation sites (N-methyl/N-ethyl adjacent to an activating group) is 1. The third-order valence-corrected chi connectivity index (χ3v) is 0.959. The Morgan fingerprint density at radius 3 is 2.38 bits per heavy atom. The van der Waals surface area contributed by atoms with Crippen LogP contribution < -0.4 is 5.32 Å². The summed E-state index contributed by atoms with van der Waals surface area (Å²) in [4.78, 5) is 10.6. The van der Waals surface area contributed by atoms with Crippen LogP contribution in [0.1, 0.15) is 13.3 Å². The van der Waals surface area contributed by atoms with Crippen LogP contribution in [-0.4, -0.2) is 12.8 Å². The summed E-state index contributed by atoms with van der Waals surface area (Å²) in [6, 6.07) is 0. The second-order valence-electron chi connectivity index (χ2n) is 1.51. The normalized spacial score (nSPS) is 8.25. The van der Waals surface area contributed by atoms with E-state index >= 15 is 0 Å². The van der Waals surface area contributed by atoms with Crippen LogP contribution in [0.25, 0.3) is 0 Å². The highest BCUT2D eigenvalue weighted by Crippen LogP contribution is 1.88. The van der Waals surface area contributed by atoms with E-state index in [4.69, 9.17) is 0 Å². The Morgan fingerprint density at radius 2 is 2.25 bits per heavy atom. The Kier molecular flexibility index (Phi) is 2.92. The summed E-state index contributed by atoms with van der Waals surface area (Å²) in [5.74, 6) is 0.0764. The number of nitrogens with one attached hydrogen (secondary N) is 1. The van der Waals surface area contributed by atoms with E-state index < -0.39 is 0 Å². The lowest BCUT2D eigenvalue weighted by Crippen LogP contribution is -2.13. The molecule has 46 valence electrons. The first-order valence-electron chi connectivity index (χ1n) is 2.62. The van der Waals surface area contributed by atoms with E-state index in [0.29, 0.717) is 12.1 Å². The zero-order chi connectivity index (χ0) is 6.57. The molecule has 0 saturated carbocycles. The lowest BCUT2D eigenvalue weighted by atomic mass is 10.2. The maximum atomic E-state index is 10.6. The number of hydrogen-bond acceptors (Lipinski definition) is 2. The van der Waals surface area contributed by atoms with Crippen molar-refractivity contribution >= 4 is 5.78 Å². The van der Waals surface area contributed by atoms with Crippen molar-refractivity contribution in [2.75, 3.05) is 7.05 Å². The quantitative estimate of drug-likeness (QED) is 0.546. The minimum absolute atomic E-state index is 0.0764. The molecule has 0 atom stereocenters. The highest BCUT2D eigenvalue weighted by Gasteiger charge is 1.98. The Bertz CT molecular complexity index is 93.1. The largest absolute Gasteiger partial charge is 0.386 e. The van der Waals surface area contributed by atoms with E-state index in [1.807, 2.05) is 6.92 Å². The topological polar surface area (TPSA) is 29.1 Å². The van der Waals surface area contributed by atoms with Gasteiger partial charge in [-0.15, -0.1) is 0 Å². The van der Waals surface area contributed by atoms with E-state index in [-0.39, 0.29) is 5.78 Å². The van der Waals surface area contributed by atoms with Gasteiger partial charge in [0.25, 0.3) is 0 Å². The van der Waals surface area contributed by atoms with Gasteiger partial charge >= 0.3 is 0 Å². The fourth-order valence-electron chi connectivity index (χ4n) is 0.353. The molecule has 8 heavy (non-hydrogen) atoms. The number of hydrogen-bond donors (Lipinski definition) is 1. The van der Waals surface area contributed by atoms with E-state index in [0.717, 1.165) is 0 Å². The van der Waals surface area contributed by atoms with Gasteiger partial charge in [-0.25, -0.2) is 0 Å². The van der Waals surface area contributed by atoms with Gasteiger partial charge < -0.3 is 5.32 Å². The van der Waals surface area contributed by atoms with E-state index in [9.17, 15) is 4.79 Å². The van der Waals surface area contributed by atoms with E-state index in [2.05, 4.69) is 11.9 Å². The van der Waals surface area contributed by atoms with Gasteiger partial charge in [0.15, 0.2) is 5.78 Å². The molecular formula is C6H11NO. The average molecular weight is 113 g/mol. The number of rotatable bonds is 3. The van der Waals surface area contributed by atoms with Crippen molar-refractivity contribution in [2.24, 2.45) is 0 Å². The highest BCUT2D eigenvalue weighted by atomic mass is 16.1. The molecule has 2 nitrogen and oxygen atoms in total. The average Bonchev–Trinajstić information content (AvgIpc) is 1.84. The predicted octanol–water partition coefficient (Wildman–Crippen LogP) is 0.699. The Morgan fingerprint density at radius 1 is 1.75 bits per heavy atom. The van der Waals surface area contributed by atoms with E-state index in [1.54, 1.807) is 7.05 Å². The maximum Gasteiger partial charge on any atom is 0.177 e. The molecule has 0 rings (SSSR count). The summed E-state index contributed by atoms with van der Waals surface area (Å²) in [6.07, 6.45) is 0.527. The monoisotopic (exact) mass is 113 g/mol. The van der Waals surface area contributed by atoms with Gasteiger partial charge in [0.2, 0.25) is 0 Å². The van der Waals surface area contributed by atoms with Crippen molar-refractivity contribution in [1.82, 2.24) is 5.32 Å². The summed E-state index contributed by atoms with van der Waals surface area (Å²) in [5.41, 5.74) is 0.493. The van der Waals surface area contributed by atoms with Crippen molar-refractivity contribution in [2.45, 2.75) is 13.3 Å². The number of Topliss-reactive ketones (excluding diaryl/α,β-unsaturated/α-hetero) is 1. The summed E-state index contributed by atoms with van der Waals surface area (Å²) >= 11 is 0. The van der Waals surface area contributed by atoms with Gasteiger partial charge in [0, 0.05) is 13.5 Å². The fraction of sp³-hybridized carbons (Fsp3) is 0.500.